The zero-order valence-electron chi connectivity index (χ0n) is 16.7. The molecule has 30 heavy (non-hydrogen) atoms. The van der Waals surface area contributed by atoms with Crippen LogP contribution in [0.5, 0.6) is 5.75 Å². The highest BCUT2D eigenvalue weighted by Crippen LogP contribution is 2.35. The molecular weight excluding hydrogens is 384 g/mol. The molecule has 0 N–H and O–H groups in total. The minimum absolute atomic E-state index is 0.0310. The number of benzene rings is 1. The Bertz CT molecular complexity index is 1260. The second-order valence-corrected chi connectivity index (χ2v) is 8.19. The van der Waals surface area contributed by atoms with Crippen LogP contribution in [0.15, 0.2) is 56.5 Å². The fourth-order valence-corrected chi connectivity index (χ4v) is 4.73. The number of hydrogen-bond acceptors (Lipinski definition) is 5. The third-order valence-corrected chi connectivity index (χ3v) is 6.12. The number of amides is 1. The van der Waals surface area contributed by atoms with Gasteiger partial charge in [-0.25, -0.2) is 4.79 Å². The molecule has 1 amide bonds. The van der Waals surface area contributed by atoms with Crippen molar-refractivity contribution in [3.05, 3.63) is 74.5 Å². The van der Waals surface area contributed by atoms with E-state index in [0.717, 1.165) is 23.1 Å². The lowest BCUT2D eigenvalue weighted by atomic mass is 9.83. The molecule has 7 nitrogen and oxygen atoms in total. The van der Waals surface area contributed by atoms with Gasteiger partial charge >= 0.3 is 5.63 Å². The van der Waals surface area contributed by atoms with Crippen LogP contribution in [0.3, 0.4) is 0 Å². The predicted octanol–water partition coefficient (Wildman–Crippen LogP) is 2.29. The van der Waals surface area contributed by atoms with E-state index >= 15 is 0 Å². The predicted molar refractivity (Wildman–Crippen MR) is 111 cm³/mol. The van der Waals surface area contributed by atoms with E-state index in [1.165, 1.54) is 6.07 Å². The summed E-state index contributed by atoms with van der Waals surface area (Å²) in [5.74, 6) is 0.854. The first kappa shape index (κ1) is 18.7. The Balaban J connectivity index is 1.29. The number of piperidine rings is 1. The van der Waals surface area contributed by atoms with E-state index in [1.54, 1.807) is 24.3 Å². The van der Waals surface area contributed by atoms with Crippen LogP contribution in [-0.2, 0) is 11.3 Å². The summed E-state index contributed by atoms with van der Waals surface area (Å²) in [6, 6.07) is 12.1. The molecule has 3 aromatic rings. The lowest BCUT2D eigenvalue weighted by Crippen LogP contribution is -2.50. The minimum atomic E-state index is -0.410. The van der Waals surface area contributed by atoms with Crippen LogP contribution in [0.25, 0.3) is 11.0 Å². The van der Waals surface area contributed by atoms with Gasteiger partial charge in [0.15, 0.2) is 6.61 Å². The Kier molecular flexibility index (Phi) is 4.46. The van der Waals surface area contributed by atoms with Crippen LogP contribution in [0.4, 0.5) is 0 Å². The third-order valence-electron chi connectivity index (χ3n) is 6.12. The van der Waals surface area contributed by atoms with Gasteiger partial charge in [-0.05, 0) is 43.0 Å². The molecule has 1 aromatic carbocycles. The lowest BCUT2D eigenvalue weighted by Gasteiger charge is -2.42. The van der Waals surface area contributed by atoms with Gasteiger partial charge in [-0.15, -0.1) is 0 Å². The fraction of sp³-hybridized carbons (Fsp3) is 0.348. The van der Waals surface area contributed by atoms with E-state index < -0.39 is 5.63 Å². The number of nitrogens with zero attached hydrogens (tertiary/aromatic N) is 2. The summed E-state index contributed by atoms with van der Waals surface area (Å²) in [4.78, 5) is 38.4. The Hall–Kier alpha value is -3.35. The van der Waals surface area contributed by atoms with Crippen molar-refractivity contribution in [3.8, 4) is 5.75 Å². The number of fused-ring (bicyclic) bond motifs is 5. The summed E-state index contributed by atoms with van der Waals surface area (Å²) in [6.07, 6.45) is 0.997. The van der Waals surface area contributed by atoms with Gasteiger partial charge in [0.1, 0.15) is 11.3 Å². The number of hydrogen-bond donors (Lipinski definition) is 0. The van der Waals surface area contributed by atoms with Crippen molar-refractivity contribution in [2.24, 2.45) is 5.92 Å². The number of ether oxygens (including phenoxy) is 1. The molecular formula is C23H22N2O5. The molecule has 2 aliphatic rings. The van der Waals surface area contributed by atoms with Crippen molar-refractivity contribution in [2.75, 3.05) is 19.7 Å². The maximum Gasteiger partial charge on any atom is 0.336 e. The number of pyridine rings is 1. The van der Waals surface area contributed by atoms with Gasteiger partial charge in [0.2, 0.25) is 0 Å². The number of rotatable bonds is 3. The Morgan fingerprint density at radius 2 is 2.00 bits per heavy atom. The third kappa shape index (κ3) is 3.30. The normalized spacial score (nSPS) is 20.1. The number of likely N-dealkylation sites (tertiary alicyclic amines) is 1. The summed E-state index contributed by atoms with van der Waals surface area (Å²) in [5.41, 5.74) is 1.91. The van der Waals surface area contributed by atoms with Crippen molar-refractivity contribution in [2.45, 2.75) is 25.8 Å². The highest BCUT2D eigenvalue weighted by molar-refractivity contribution is 5.82. The summed E-state index contributed by atoms with van der Waals surface area (Å²) < 4.78 is 12.8. The van der Waals surface area contributed by atoms with Crippen LogP contribution < -0.4 is 15.9 Å². The molecule has 4 heterocycles. The van der Waals surface area contributed by atoms with E-state index in [0.29, 0.717) is 31.0 Å². The largest absolute Gasteiger partial charge is 0.484 e. The second-order valence-electron chi connectivity index (χ2n) is 8.19. The SMILES string of the molecule is Cc1cc(=O)oc2cc(OCC(=O)N3C[C@@H]4C[C@@H](C3)c3cccc(=O)n3C4)ccc12. The van der Waals surface area contributed by atoms with Crippen molar-refractivity contribution in [1.29, 1.82) is 0 Å². The first-order chi connectivity index (χ1) is 14.5. The molecule has 5 rings (SSSR count). The smallest absolute Gasteiger partial charge is 0.336 e. The zero-order valence-corrected chi connectivity index (χ0v) is 16.7. The monoisotopic (exact) mass is 406 g/mol. The number of carbonyl (C=O) groups is 1. The van der Waals surface area contributed by atoms with Gasteiger partial charge in [0, 0.05) is 54.8 Å². The minimum Gasteiger partial charge on any atom is -0.484 e. The Morgan fingerprint density at radius 1 is 1.13 bits per heavy atom. The number of carbonyl (C=O) groups excluding carboxylic acids is 1. The van der Waals surface area contributed by atoms with Crippen LogP contribution in [-0.4, -0.2) is 35.1 Å². The van der Waals surface area contributed by atoms with Gasteiger partial charge in [0.25, 0.3) is 11.5 Å². The maximum atomic E-state index is 12.8. The van der Waals surface area contributed by atoms with Gasteiger partial charge in [-0.1, -0.05) is 6.07 Å². The first-order valence-corrected chi connectivity index (χ1v) is 10.1. The van der Waals surface area contributed by atoms with Gasteiger partial charge in [-0.3, -0.25) is 9.59 Å². The van der Waals surface area contributed by atoms with Crippen molar-refractivity contribution in [1.82, 2.24) is 9.47 Å². The lowest BCUT2D eigenvalue weighted by molar-refractivity contribution is -0.136. The van der Waals surface area contributed by atoms with Crippen LogP contribution >= 0.6 is 0 Å². The molecule has 0 spiro atoms. The molecule has 2 aromatic heterocycles. The van der Waals surface area contributed by atoms with E-state index in [4.69, 9.17) is 9.15 Å². The molecule has 2 bridgehead atoms. The van der Waals surface area contributed by atoms with Crippen molar-refractivity contribution >= 4 is 16.9 Å². The van der Waals surface area contributed by atoms with E-state index in [1.807, 2.05) is 28.5 Å². The zero-order chi connectivity index (χ0) is 20.8. The van der Waals surface area contributed by atoms with E-state index in [2.05, 4.69) is 0 Å². The standard InChI is InChI=1S/C23H22N2O5/c1-14-7-23(28)30-20-9-17(5-6-18(14)20)29-13-22(27)24-10-15-8-16(12-24)19-3-2-4-21(26)25(19)11-15/h2-7,9,15-16H,8,10-13H2,1H3/t15-,16-/m0/s1. The van der Waals surface area contributed by atoms with Crippen molar-refractivity contribution in [3.63, 3.8) is 0 Å². The molecule has 154 valence electrons. The highest BCUT2D eigenvalue weighted by atomic mass is 16.5. The molecule has 2 aliphatic heterocycles. The van der Waals surface area contributed by atoms with Crippen molar-refractivity contribution < 1.29 is 13.9 Å². The van der Waals surface area contributed by atoms with Crippen LogP contribution in [0.2, 0.25) is 0 Å². The molecule has 0 aliphatic carbocycles. The van der Waals surface area contributed by atoms with Gasteiger partial charge < -0.3 is 18.6 Å². The number of aromatic nitrogens is 1. The molecule has 1 saturated heterocycles. The van der Waals surface area contributed by atoms with E-state index in [-0.39, 0.29) is 29.9 Å². The second kappa shape index (κ2) is 7.16. The molecule has 0 radical (unpaired) electrons. The summed E-state index contributed by atoms with van der Waals surface area (Å²) in [5, 5.41) is 0.839. The average Bonchev–Trinajstić information content (AvgIpc) is 2.72. The quantitative estimate of drug-likeness (QED) is 0.624. The first-order valence-electron chi connectivity index (χ1n) is 10.1. The topological polar surface area (TPSA) is 81.8 Å². The maximum absolute atomic E-state index is 12.8. The Labute approximate surface area is 172 Å². The Morgan fingerprint density at radius 3 is 2.87 bits per heavy atom. The summed E-state index contributed by atoms with van der Waals surface area (Å²) in [7, 11) is 0. The molecule has 1 fully saturated rings. The summed E-state index contributed by atoms with van der Waals surface area (Å²) in [6.45, 7) is 3.64. The van der Waals surface area contributed by atoms with E-state index in [9.17, 15) is 14.4 Å². The number of aryl methyl sites for hydroxylation is 1. The highest BCUT2D eigenvalue weighted by Gasteiger charge is 2.36. The summed E-state index contributed by atoms with van der Waals surface area (Å²) >= 11 is 0. The van der Waals surface area contributed by atoms with Gasteiger partial charge in [0.05, 0.1) is 0 Å². The molecule has 0 saturated carbocycles. The molecule has 2 atom stereocenters. The molecule has 7 heteroatoms. The molecule has 0 unspecified atom stereocenters. The van der Waals surface area contributed by atoms with Crippen LogP contribution in [0, 0.1) is 12.8 Å². The fourth-order valence-electron chi connectivity index (χ4n) is 4.73. The average molecular weight is 406 g/mol. The van der Waals surface area contributed by atoms with Gasteiger partial charge in [-0.2, -0.15) is 0 Å². The van der Waals surface area contributed by atoms with Crippen LogP contribution in [0.1, 0.15) is 23.6 Å².